The number of carbonyl (C=O) groups excluding carboxylic acids is 3. The summed E-state index contributed by atoms with van der Waals surface area (Å²) < 4.78 is 20.3. The highest BCUT2D eigenvalue weighted by Gasteiger charge is 2.50. The maximum Gasteiger partial charge on any atom is 0.303 e. The van der Waals surface area contributed by atoms with Crippen LogP contribution in [-0.2, 0) is 33.3 Å². The third-order valence-corrected chi connectivity index (χ3v) is 2.76. The van der Waals surface area contributed by atoms with E-state index < -0.39 is 55.2 Å². The molecule has 0 amide bonds. The van der Waals surface area contributed by atoms with Gasteiger partial charge in [0.2, 0.25) is 0 Å². The molecule has 0 aromatic rings. The van der Waals surface area contributed by atoms with Crippen LogP contribution in [0.15, 0.2) is 0 Å². The third kappa shape index (κ3) is 4.66. The van der Waals surface area contributed by atoms with Gasteiger partial charge in [0.1, 0.15) is 12.3 Å². The minimum Gasteiger partial charge on any atom is -0.456 e. The molecular weight excluding hydrogens is 286 g/mol. The van der Waals surface area contributed by atoms with E-state index in [4.69, 9.17) is 24.7 Å². The lowest BCUT2D eigenvalue weighted by Crippen LogP contribution is -2.64. The fourth-order valence-electron chi connectivity index (χ4n) is 2.08. The van der Waals surface area contributed by atoms with Gasteiger partial charge in [0.25, 0.3) is 0 Å². The first-order valence-electron chi connectivity index (χ1n) is 6.29. The van der Waals surface area contributed by atoms with Crippen molar-refractivity contribution in [2.24, 2.45) is 5.73 Å². The second-order valence-electron chi connectivity index (χ2n) is 4.54. The van der Waals surface area contributed by atoms with E-state index in [9.17, 15) is 19.5 Å². The monoisotopic (exact) mass is 305 g/mol. The number of esters is 3. The largest absolute Gasteiger partial charge is 0.456 e. The summed E-state index contributed by atoms with van der Waals surface area (Å²) in [5, 5.41) is 9.29. The Morgan fingerprint density at radius 1 is 0.952 bits per heavy atom. The third-order valence-electron chi connectivity index (χ3n) is 2.76. The van der Waals surface area contributed by atoms with Gasteiger partial charge in [-0.2, -0.15) is 0 Å². The van der Waals surface area contributed by atoms with Crippen LogP contribution in [0.25, 0.3) is 0 Å². The van der Waals surface area contributed by atoms with Gasteiger partial charge in [0.05, 0.1) is 6.61 Å². The van der Waals surface area contributed by atoms with Gasteiger partial charge in [-0.1, -0.05) is 0 Å². The maximum atomic E-state index is 11.2. The zero-order valence-corrected chi connectivity index (χ0v) is 12.0. The lowest BCUT2D eigenvalue weighted by molar-refractivity contribution is -0.250. The van der Waals surface area contributed by atoms with Crippen molar-refractivity contribution < 1.29 is 38.4 Å². The molecule has 0 radical (unpaired) electrons. The fraction of sp³-hybridized carbons (Fsp3) is 0.750. The van der Waals surface area contributed by atoms with E-state index in [2.05, 4.69) is 0 Å². The molecule has 1 heterocycles. The molecule has 3 N–H and O–H groups in total. The highest BCUT2D eigenvalue weighted by atomic mass is 16.7. The molecule has 0 spiro atoms. The van der Waals surface area contributed by atoms with Crippen LogP contribution < -0.4 is 5.73 Å². The first kappa shape index (κ1) is 17.3. The summed E-state index contributed by atoms with van der Waals surface area (Å²) in [6, 6.07) is 0. The van der Waals surface area contributed by atoms with E-state index in [1.165, 1.54) is 0 Å². The summed E-state index contributed by atoms with van der Waals surface area (Å²) in [7, 11) is 0. The average Bonchev–Trinajstić information content (AvgIpc) is 2.35. The van der Waals surface area contributed by atoms with E-state index in [0.717, 1.165) is 20.8 Å². The molecular formula is C12H19NO8. The Kier molecular flexibility index (Phi) is 6.06. The predicted molar refractivity (Wildman–Crippen MR) is 66.6 cm³/mol. The summed E-state index contributed by atoms with van der Waals surface area (Å²) in [5.41, 5.74) is 5.71. The molecule has 0 aliphatic carbocycles. The van der Waals surface area contributed by atoms with Crippen molar-refractivity contribution in [3.05, 3.63) is 0 Å². The Bertz CT molecular complexity index is 412. The zero-order valence-electron chi connectivity index (χ0n) is 12.0. The molecule has 1 aliphatic rings. The van der Waals surface area contributed by atoms with Crippen molar-refractivity contribution >= 4 is 17.9 Å². The number of rotatable bonds is 4. The van der Waals surface area contributed by atoms with Gasteiger partial charge in [0.15, 0.2) is 18.3 Å². The van der Waals surface area contributed by atoms with Crippen molar-refractivity contribution in [2.75, 3.05) is 6.61 Å². The Balaban J connectivity index is 3.08. The van der Waals surface area contributed by atoms with Gasteiger partial charge >= 0.3 is 17.9 Å². The quantitative estimate of drug-likeness (QED) is 0.468. The van der Waals surface area contributed by atoms with E-state index >= 15 is 0 Å². The fourth-order valence-corrected chi connectivity index (χ4v) is 2.08. The molecule has 120 valence electrons. The lowest BCUT2D eigenvalue weighted by atomic mass is 9.97. The summed E-state index contributed by atoms with van der Waals surface area (Å²) >= 11 is 0. The molecule has 0 bridgehead atoms. The van der Waals surface area contributed by atoms with Crippen molar-refractivity contribution in [1.29, 1.82) is 0 Å². The molecule has 9 heteroatoms. The number of carbonyl (C=O) groups is 3. The van der Waals surface area contributed by atoms with Gasteiger partial charge in [-0.05, 0) is 0 Å². The number of aliphatic hydroxyl groups excluding tert-OH is 1. The zero-order chi connectivity index (χ0) is 16.2. The van der Waals surface area contributed by atoms with Crippen molar-refractivity contribution in [1.82, 2.24) is 0 Å². The Labute approximate surface area is 121 Å². The van der Waals surface area contributed by atoms with Crippen LogP contribution in [0.4, 0.5) is 0 Å². The number of hydrogen-bond acceptors (Lipinski definition) is 9. The molecule has 9 nitrogen and oxygen atoms in total. The molecule has 0 saturated carbocycles. The van der Waals surface area contributed by atoms with Crippen molar-refractivity contribution in [3.63, 3.8) is 0 Å². The molecule has 5 atom stereocenters. The van der Waals surface area contributed by atoms with Crippen LogP contribution >= 0.6 is 0 Å². The van der Waals surface area contributed by atoms with Crippen LogP contribution in [-0.4, -0.2) is 60.3 Å². The number of hydrogen-bond donors (Lipinski definition) is 2. The minimum atomic E-state index is -1.17. The summed E-state index contributed by atoms with van der Waals surface area (Å²) in [4.78, 5) is 33.5. The molecule has 0 aromatic carbocycles. The highest BCUT2D eigenvalue weighted by Crippen LogP contribution is 2.26. The summed E-state index contributed by atoms with van der Waals surface area (Å²) in [5.74, 6) is -2.02. The first-order valence-corrected chi connectivity index (χ1v) is 6.29. The van der Waals surface area contributed by atoms with Gasteiger partial charge < -0.3 is 29.8 Å². The highest BCUT2D eigenvalue weighted by molar-refractivity contribution is 5.68. The standard InChI is InChI=1S/C12H19NO8/c1-5(15)18-9-8(4-14)21-12(13)11(20-7(3)17)10(9)19-6(2)16/h8-12,14H,4,13H2,1-3H3/t8?,9-,10-,11?,12+/m1/s1. The summed E-state index contributed by atoms with van der Waals surface area (Å²) in [6.45, 7) is 2.92. The van der Waals surface area contributed by atoms with E-state index in [1.54, 1.807) is 0 Å². The Morgan fingerprint density at radius 3 is 1.81 bits per heavy atom. The SMILES string of the molecule is CC(=O)OC1[C@@H](N)OC(CO)[C@@H](OC(C)=O)[C@H]1OC(C)=O. The smallest absolute Gasteiger partial charge is 0.303 e. The van der Waals surface area contributed by atoms with Crippen LogP contribution in [0.5, 0.6) is 0 Å². The molecule has 1 rings (SSSR count). The maximum absolute atomic E-state index is 11.2. The number of nitrogens with two attached hydrogens (primary N) is 1. The van der Waals surface area contributed by atoms with E-state index in [-0.39, 0.29) is 0 Å². The van der Waals surface area contributed by atoms with Crippen LogP contribution in [0, 0.1) is 0 Å². The second-order valence-corrected chi connectivity index (χ2v) is 4.54. The van der Waals surface area contributed by atoms with Gasteiger partial charge in [-0.25, -0.2) is 0 Å². The number of ether oxygens (including phenoxy) is 4. The number of aliphatic hydroxyl groups is 1. The van der Waals surface area contributed by atoms with Crippen LogP contribution in [0.1, 0.15) is 20.8 Å². The van der Waals surface area contributed by atoms with Gasteiger partial charge in [0, 0.05) is 20.8 Å². The van der Waals surface area contributed by atoms with Crippen molar-refractivity contribution in [2.45, 2.75) is 51.4 Å². The van der Waals surface area contributed by atoms with Gasteiger partial charge in [-0.3, -0.25) is 14.4 Å². The molecule has 1 fully saturated rings. The minimum absolute atomic E-state index is 0.518. The molecule has 0 aromatic heterocycles. The predicted octanol–water partition coefficient (Wildman–Crippen LogP) is -1.54. The van der Waals surface area contributed by atoms with E-state index in [0.29, 0.717) is 0 Å². The normalized spacial score (nSPS) is 32.1. The van der Waals surface area contributed by atoms with Crippen LogP contribution in [0.3, 0.4) is 0 Å². The lowest BCUT2D eigenvalue weighted by Gasteiger charge is -2.42. The van der Waals surface area contributed by atoms with E-state index in [1.807, 2.05) is 0 Å². The Hall–Kier alpha value is -1.71. The molecule has 1 aliphatic heterocycles. The average molecular weight is 305 g/mol. The van der Waals surface area contributed by atoms with Crippen LogP contribution in [0.2, 0.25) is 0 Å². The topological polar surface area (TPSA) is 134 Å². The Morgan fingerprint density at radius 2 is 1.38 bits per heavy atom. The van der Waals surface area contributed by atoms with Crippen molar-refractivity contribution in [3.8, 4) is 0 Å². The first-order chi connectivity index (χ1) is 9.76. The van der Waals surface area contributed by atoms with Gasteiger partial charge in [-0.15, -0.1) is 0 Å². The molecule has 21 heavy (non-hydrogen) atoms. The second kappa shape index (κ2) is 7.34. The molecule has 1 saturated heterocycles. The summed E-state index contributed by atoms with van der Waals surface area (Å²) in [6.07, 6.45) is -5.60. The molecule has 2 unspecified atom stereocenters.